The molecule has 0 atom stereocenters. The highest BCUT2D eigenvalue weighted by Crippen LogP contribution is 2.25. The van der Waals surface area contributed by atoms with Crippen LogP contribution in [0.1, 0.15) is 49.7 Å². The number of H-pyrrole nitrogens is 1. The zero-order valence-electron chi connectivity index (χ0n) is 22.2. The van der Waals surface area contributed by atoms with Gasteiger partial charge in [-0.15, -0.1) is 0 Å². The van der Waals surface area contributed by atoms with Crippen LogP contribution in [0.15, 0.2) is 47.3 Å². The summed E-state index contributed by atoms with van der Waals surface area (Å²) >= 11 is 0. The molecule has 0 unspecified atom stereocenters. The summed E-state index contributed by atoms with van der Waals surface area (Å²) in [5, 5.41) is 14.3. The van der Waals surface area contributed by atoms with Crippen LogP contribution in [-0.4, -0.2) is 59.8 Å². The number of aromatic hydroxyl groups is 1. The minimum atomic E-state index is -0.868. The number of amides is 1. The molecule has 0 radical (unpaired) electrons. The first-order valence-corrected chi connectivity index (χ1v) is 13.8. The van der Waals surface area contributed by atoms with E-state index in [-0.39, 0.29) is 36.3 Å². The average molecular weight is 542 g/mol. The third-order valence-electron chi connectivity index (χ3n) is 7.38. The van der Waals surface area contributed by atoms with Crippen LogP contribution in [0.3, 0.4) is 0 Å². The Labute approximate surface area is 227 Å². The molecule has 1 aliphatic carbocycles. The predicted molar refractivity (Wildman–Crippen MR) is 147 cm³/mol. The number of benzene rings is 2. The van der Waals surface area contributed by atoms with E-state index in [1.54, 1.807) is 12.1 Å². The number of carbonyl (C=O) groups excluding carboxylic acids is 1. The van der Waals surface area contributed by atoms with Crippen LogP contribution in [0.25, 0.3) is 10.9 Å². The number of fused-ring (bicyclic) bond motifs is 1. The number of phenols is 1. The van der Waals surface area contributed by atoms with Gasteiger partial charge in [-0.2, -0.15) is 0 Å². The summed E-state index contributed by atoms with van der Waals surface area (Å²) in [4.78, 5) is 29.4. The van der Waals surface area contributed by atoms with Gasteiger partial charge >= 0.3 is 0 Å². The predicted octanol–water partition coefficient (Wildman–Crippen LogP) is 4.45. The van der Waals surface area contributed by atoms with Gasteiger partial charge in [0, 0.05) is 30.6 Å². The number of nitrogens with one attached hydrogen (secondary N) is 2. The van der Waals surface area contributed by atoms with E-state index in [0.717, 1.165) is 42.7 Å². The number of pyridine rings is 1. The highest BCUT2D eigenvalue weighted by Gasteiger charge is 2.24. The molecule has 2 aromatic carbocycles. The Hall–Kier alpha value is -3.30. The van der Waals surface area contributed by atoms with Gasteiger partial charge in [0.25, 0.3) is 0 Å². The first kappa shape index (κ1) is 28.7. The summed E-state index contributed by atoms with van der Waals surface area (Å²) in [6, 6.07) is 10.7. The SMILES string of the molecule is O=C(CCOCCc1ccc(F)c(F)c1)N(CCNCCc1ccc(O)c2[nH]c(=O)ccc12)C1CCCCC1. The summed E-state index contributed by atoms with van der Waals surface area (Å²) in [6.07, 6.45) is 6.94. The van der Waals surface area contributed by atoms with E-state index in [1.165, 1.54) is 24.6 Å². The number of ether oxygens (including phenoxy) is 1. The standard InChI is InChI=1S/C30H37F2N3O4/c31-25-9-6-21(20-26(25)32)13-18-39-19-14-29(38)35(23-4-2-1-3-5-23)17-16-33-15-12-22-7-10-27(36)30-24(22)8-11-28(37)34-30/h6-11,20,23,33,36H,1-5,12-19H2,(H,34,37). The highest BCUT2D eigenvalue weighted by atomic mass is 19.2. The minimum absolute atomic E-state index is 0.0503. The van der Waals surface area contributed by atoms with Gasteiger partial charge in [-0.05, 0) is 67.6 Å². The monoisotopic (exact) mass is 541 g/mol. The van der Waals surface area contributed by atoms with Crippen LogP contribution >= 0.6 is 0 Å². The lowest BCUT2D eigenvalue weighted by Gasteiger charge is -2.34. The zero-order valence-corrected chi connectivity index (χ0v) is 22.2. The fourth-order valence-corrected chi connectivity index (χ4v) is 5.26. The molecule has 3 aromatic rings. The fraction of sp³-hybridized carbons (Fsp3) is 0.467. The molecule has 0 spiro atoms. The summed E-state index contributed by atoms with van der Waals surface area (Å²) < 4.78 is 32.1. The van der Waals surface area contributed by atoms with E-state index in [2.05, 4.69) is 10.3 Å². The van der Waals surface area contributed by atoms with Gasteiger partial charge in [-0.25, -0.2) is 8.78 Å². The van der Waals surface area contributed by atoms with Crippen molar-refractivity contribution in [2.45, 2.75) is 57.4 Å². The minimum Gasteiger partial charge on any atom is -0.506 e. The van der Waals surface area contributed by atoms with Crippen molar-refractivity contribution in [1.82, 2.24) is 15.2 Å². The Morgan fingerprint density at radius 2 is 1.82 bits per heavy atom. The maximum atomic E-state index is 13.4. The van der Waals surface area contributed by atoms with Crippen molar-refractivity contribution < 1.29 is 23.4 Å². The van der Waals surface area contributed by atoms with E-state index in [1.807, 2.05) is 11.0 Å². The van der Waals surface area contributed by atoms with Crippen molar-refractivity contribution in [1.29, 1.82) is 0 Å². The second-order valence-electron chi connectivity index (χ2n) is 10.1. The zero-order chi connectivity index (χ0) is 27.6. The molecule has 9 heteroatoms. The molecule has 1 aromatic heterocycles. The summed E-state index contributed by atoms with van der Waals surface area (Å²) in [7, 11) is 0. The van der Waals surface area contributed by atoms with Crippen molar-refractivity contribution in [2.24, 2.45) is 0 Å². The lowest BCUT2D eigenvalue weighted by Crippen LogP contribution is -2.45. The molecule has 1 saturated carbocycles. The third kappa shape index (κ3) is 8.10. The first-order valence-electron chi connectivity index (χ1n) is 13.8. The number of hydrogen-bond acceptors (Lipinski definition) is 5. The molecule has 0 bridgehead atoms. The summed E-state index contributed by atoms with van der Waals surface area (Å²) in [6.45, 7) is 2.59. The molecule has 7 nitrogen and oxygen atoms in total. The lowest BCUT2D eigenvalue weighted by atomic mass is 9.94. The molecule has 1 aliphatic rings. The molecular weight excluding hydrogens is 504 g/mol. The third-order valence-corrected chi connectivity index (χ3v) is 7.38. The molecule has 1 heterocycles. The lowest BCUT2D eigenvalue weighted by molar-refractivity contribution is -0.135. The molecular formula is C30H37F2N3O4. The van der Waals surface area contributed by atoms with E-state index >= 15 is 0 Å². The van der Waals surface area contributed by atoms with Gasteiger partial charge in [-0.1, -0.05) is 31.4 Å². The average Bonchev–Trinajstić information content (AvgIpc) is 2.94. The van der Waals surface area contributed by atoms with Crippen LogP contribution in [0.5, 0.6) is 5.75 Å². The van der Waals surface area contributed by atoms with Crippen molar-refractivity contribution in [3.63, 3.8) is 0 Å². The maximum Gasteiger partial charge on any atom is 0.248 e. The normalized spacial score (nSPS) is 14.1. The summed E-state index contributed by atoms with van der Waals surface area (Å²) in [5.41, 5.74) is 1.87. The number of rotatable bonds is 13. The van der Waals surface area contributed by atoms with Gasteiger partial charge < -0.3 is 25.0 Å². The van der Waals surface area contributed by atoms with Gasteiger partial charge in [0.1, 0.15) is 5.75 Å². The molecule has 3 N–H and O–H groups in total. The van der Waals surface area contributed by atoms with Gasteiger partial charge in [-0.3, -0.25) is 9.59 Å². The summed E-state index contributed by atoms with van der Waals surface area (Å²) in [5.74, 6) is -1.61. The second-order valence-corrected chi connectivity index (χ2v) is 10.1. The molecule has 210 valence electrons. The molecule has 0 aliphatic heterocycles. The van der Waals surface area contributed by atoms with Gasteiger partial charge in [0.05, 0.1) is 25.2 Å². The molecule has 39 heavy (non-hydrogen) atoms. The van der Waals surface area contributed by atoms with Crippen molar-refractivity contribution in [3.8, 4) is 5.75 Å². The number of carbonyl (C=O) groups is 1. The Morgan fingerprint density at radius 1 is 1.00 bits per heavy atom. The topological polar surface area (TPSA) is 94.7 Å². The van der Waals surface area contributed by atoms with Crippen LogP contribution in [0.2, 0.25) is 0 Å². The van der Waals surface area contributed by atoms with Crippen LogP contribution < -0.4 is 10.9 Å². The Morgan fingerprint density at radius 3 is 2.62 bits per heavy atom. The van der Waals surface area contributed by atoms with E-state index in [9.17, 15) is 23.5 Å². The molecule has 4 rings (SSSR count). The van der Waals surface area contributed by atoms with Gasteiger partial charge in [0.15, 0.2) is 11.6 Å². The second kappa shape index (κ2) is 14.2. The number of hydrogen-bond donors (Lipinski definition) is 3. The number of halogens is 2. The first-order chi connectivity index (χ1) is 18.9. The highest BCUT2D eigenvalue weighted by molar-refractivity contribution is 5.87. The van der Waals surface area contributed by atoms with Crippen molar-refractivity contribution in [2.75, 3.05) is 32.8 Å². The van der Waals surface area contributed by atoms with Crippen LogP contribution in [0.4, 0.5) is 8.78 Å². The van der Waals surface area contributed by atoms with E-state index in [4.69, 9.17) is 4.74 Å². The Balaban J connectivity index is 1.23. The number of phenolic OH excluding ortho intramolecular Hbond substituents is 1. The largest absolute Gasteiger partial charge is 0.506 e. The number of nitrogens with zero attached hydrogens (tertiary/aromatic N) is 1. The quantitative estimate of drug-likeness (QED) is 0.278. The smallest absolute Gasteiger partial charge is 0.248 e. The fourth-order valence-electron chi connectivity index (χ4n) is 5.26. The van der Waals surface area contributed by atoms with Crippen molar-refractivity contribution in [3.05, 3.63) is 75.6 Å². The van der Waals surface area contributed by atoms with E-state index in [0.29, 0.717) is 50.2 Å². The van der Waals surface area contributed by atoms with Crippen LogP contribution in [0, 0.1) is 11.6 Å². The molecule has 1 fully saturated rings. The molecule has 1 amide bonds. The number of aromatic nitrogens is 1. The molecule has 0 saturated heterocycles. The van der Waals surface area contributed by atoms with E-state index < -0.39 is 11.6 Å². The van der Waals surface area contributed by atoms with Crippen LogP contribution in [-0.2, 0) is 22.4 Å². The Bertz CT molecular complexity index is 1310. The maximum absolute atomic E-state index is 13.4. The van der Waals surface area contributed by atoms with Crippen molar-refractivity contribution >= 4 is 16.8 Å². The van der Waals surface area contributed by atoms with Gasteiger partial charge in [0.2, 0.25) is 11.5 Å². The Kier molecular flexibility index (Phi) is 10.4. The number of aromatic amines is 1.